The fourth-order valence-corrected chi connectivity index (χ4v) is 1.31. The van der Waals surface area contributed by atoms with Crippen LogP contribution >= 0.6 is 0 Å². The molecule has 0 saturated carbocycles. The molecule has 1 aromatic rings. The van der Waals surface area contributed by atoms with Crippen molar-refractivity contribution < 1.29 is 18.3 Å². The number of imidazole rings is 1. The van der Waals surface area contributed by atoms with Gasteiger partial charge in [-0.3, -0.25) is 0 Å². The second kappa shape index (κ2) is 4.70. The van der Waals surface area contributed by atoms with Crippen LogP contribution in [0.1, 0.15) is 22.0 Å². The number of aryl methyl sites for hydroxylation is 1. The molecular formula is C9H9F2N3O2. The van der Waals surface area contributed by atoms with Crippen molar-refractivity contribution in [2.24, 2.45) is 0 Å². The molecule has 0 spiro atoms. The van der Waals surface area contributed by atoms with E-state index in [0.29, 0.717) is 0 Å². The number of halogens is 2. The van der Waals surface area contributed by atoms with Gasteiger partial charge in [0.25, 0.3) is 6.43 Å². The summed E-state index contributed by atoms with van der Waals surface area (Å²) in [7, 11) is 1.11. The van der Waals surface area contributed by atoms with E-state index in [9.17, 15) is 13.6 Å². The van der Waals surface area contributed by atoms with E-state index >= 15 is 0 Å². The maximum Gasteiger partial charge on any atom is 0.357 e. The molecule has 0 radical (unpaired) electrons. The van der Waals surface area contributed by atoms with Crippen LogP contribution in [-0.4, -0.2) is 29.1 Å². The molecule has 0 bridgehead atoms. The average molecular weight is 229 g/mol. The summed E-state index contributed by atoms with van der Waals surface area (Å²) in [4.78, 5) is 15.0. The Morgan fingerprint density at radius 3 is 2.75 bits per heavy atom. The first kappa shape index (κ1) is 12.1. The molecular weight excluding hydrogens is 220 g/mol. The predicted octanol–water partition coefficient (Wildman–Crippen LogP) is 1.11. The van der Waals surface area contributed by atoms with Gasteiger partial charge >= 0.3 is 5.97 Å². The van der Waals surface area contributed by atoms with E-state index in [1.807, 2.05) is 0 Å². The highest BCUT2D eigenvalue weighted by molar-refractivity contribution is 5.90. The number of rotatable bonds is 3. The van der Waals surface area contributed by atoms with E-state index in [1.54, 1.807) is 6.07 Å². The van der Waals surface area contributed by atoms with Crippen molar-refractivity contribution >= 4 is 5.97 Å². The molecule has 0 aliphatic rings. The monoisotopic (exact) mass is 229 g/mol. The van der Waals surface area contributed by atoms with Gasteiger partial charge in [-0.2, -0.15) is 5.26 Å². The number of carbonyl (C=O) groups is 1. The minimum atomic E-state index is -2.64. The van der Waals surface area contributed by atoms with Crippen molar-refractivity contribution in [3.63, 3.8) is 0 Å². The lowest BCUT2D eigenvalue weighted by Gasteiger charge is -2.07. The fraction of sp³-hybridized carbons (Fsp3) is 0.444. The third-order valence-corrected chi connectivity index (χ3v) is 1.96. The van der Waals surface area contributed by atoms with Gasteiger partial charge in [-0.1, -0.05) is 0 Å². The van der Waals surface area contributed by atoms with E-state index in [2.05, 4.69) is 9.72 Å². The highest BCUT2D eigenvalue weighted by Gasteiger charge is 2.23. The molecule has 0 unspecified atom stereocenters. The zero-order chi connectivity index (χ0) is 12.3. The van der Waals surface area contributed by atoms with Crippen LogP contribution < -0.4 is 0 Å². The number of aromatic nitrogens is 2. The highest BCUT2D eigenvalue weighted by atomic mass is 19.3. The first-order valence-electron chi connectivity index (χ1n) is 4.35. The summed E-state index contributed by atoms with van der Waals surface area (Å²) in [5, 5.41) is 8.71. The van der Waals surface area contributed by atoms with Crippen LogP contribution in [0.5, 0.6) is 0 Å². The van der Waals surface area contributed by atoms with Crippen LogP contribution in [0.15, 0.2) is 0 Å². The topological polar surface area (TPSA) is 67.9 Å². The lowest BCUT2D eigenvalue weighted by Crippen LogP contribution is -2.16. The molecule has 86 valence electrons. The number of methoxy groups -OCH3 is 1. The standard InChI is InChI=1S/C9H9F2N3O2/c1-5-13-6(3-12)8(9(15)16-2)14(5)4-7(10)11/h7H,4H2,1-2H3. The summed E-state index contributed by atoms with van der Waals surface area (Å²) in [6.07, 6.45) is -2.64. The highest BCUT2D eigenvalue weighted by Crippen LogP contribution is 2.14. The fourth-order valence-electron chi connectivity index (χ4n) is 1.31. The number of carbonyl (C=O) groups excluding carboxylic acids is 1. The first-order valence-corrected chi connectivity index (χ1v) is 4.35. The number of hydrogen-bond acceptors (Lipinski definition) is 4. The molecule has 0 aliphatic carbocycles. The van der Waals surface area contributed by atoms with Crippen LogP contribution in [0.4, 0.5) is 8.78 Å². The molecule has 1 aromatic heterocycles. The van der Waals surface area contributed by atoms with Gasteiger partial charge in [0.05, 0.1) is 13.7 Å². The van der Waals surface area contributed by atoms with Crippen molar-refractivity contribution in [1.29, 1.82) is 5.26 Å². The summed E-state index contributed by atoms with van der Waals surface area (Å²) in [6, 6.07) is 1.67. The van der Waals surface area contributed by atoms with Crippen LogP contribution in [0.2, 0.25) is 0 Å². The van der Waals surface area contributed by atoms with Crippen molar-refractivity contribution in [3.05, 3.63) is 17.2 Å². The van der Waals surface area contributed by atoms with E-state index in [0.717, 1.165) is 11.7 Å². The number of nitrogens with zero attached hydrogens (tertiary/aromatic N) is 3. The van der Waals surface area contributed by atoms with Crippen LogP contribution in [0.25, 0.3) is 0 Å². The molecule has 0 saturated heterocycles. The first-order chi connectivity index (χ1) is 7.51. The van der Waals surface area contributed by atoms with Gasteiger partial charge in [0.2, 0.25) is 0 Å². The Bertz CT molecular complexity index is 448. The maximum absolute atomic E-state index is 12.3. The number of hydrogen-bond donors (Lipinski definition) is 0. The molecule has 0 amide bonds. The van der Waals surface area contributed by atoms with Crippen molar-refractivity contribution in [2.45, 2.75) is 19.9 Å². The molecule has 1 heterocycles. The maximum atomic E-state index is 12.3. The Hall–Kier alpha value is -1.97. The Morgan fingerprint density at radius 2 is 2.31 bits per heavy atom. The molecule has 0 N–H and O–H groups in total. The summed E-state index contributed by atoms with van der Waals surface area (Å²) < 4.78 is 30.0. The van der Waals surface area contributed by atoms with Gasteiger partial charge in [0, 0.05) is 0 Å². The van der Waals surface area contributed by atoms with Crippen molar-refractivity contribution in [1.82, 2.24) is 9.55 Å². The molecule has 7 heteroatoms. The van der Waals surface area contributed by atoms with Gasteiger partial charge in [-0.25, -0.2) is 18.6 Å². The van der Waals surface area contributed by atoms with E-state index in [1.165, 1.54) is 6.92 Å². The number of ether oxygens (including phenoxy) is 1. The second-order valence-electron chi connectivity index (χ2n) is 2.96. The Balaban J connectivity index is 3.30. The van der Waals surface area contributed by atoms with E-state index in [4.69, 9.17) is 5.26 Å². The lowest BCUT2D eigenvalue weighted by atomic mass is 10.3. The van der Waals surface area contributed by atoms with Gasteiger partial charge < -0.3 is 9.30 Å². The Kier molecular flexibility index (Phi) is 3.55. The lowest BCUT2D eigenvalue weighted by molar-refractivity contribution is 0.0579. The summed E-state index contributed by atoms with van der Waals surface area (Å²) >= 11 is 0. The van der Waals surface area contributed by atoms with Crippen LogP contribution in [-0.2, 0) is 11.3 Å². The predicted molar refractivity (Wildman–Crippen MR) is 49.0 cm³/mol. The largest absolute Gasteiger partial charge is 0.464 e. The number of alkyl halides is 2. The third-order valence-electron chi connectivity index (χ3n) is 1.96. The number of nitriles is 1. The average Bonchev–Trinajstić information content (AvgIpc) is 2.54. The van der Waals surface area contributed by atoms with Gasteiger partial charge in [0.1, 0.15) is 11.9 Å². The van der Waals surface area contributed by atoms with E-state index < -0.39 is 18.9 Å². The molecule has 0 aromatic carbocycles. The third kappa shape index (κ3) is 2.16. The minimum Gasteiger partial charge on any atom is -0.464 e. The quantitative estimate of drug-likeness (QED) is 0.728. The zero-order valence-corrected chi connectivity index (χ0v) is 8.70. The van der Waals surface area contributed by atoms with Crippen LogP contribution in [0, 0.1) is 18.3 Å². The Morgan fingerprint density at radius 1 is 1.69 bits per heavy atom. The summed E-state index contributed by atoms with van der Waals surface area (Å²) in [5.41, 5.74) is -0.437. The SMILES string of the molecule is COC(=O)c1c(C#N)nc(C)n1CC(F)F. The molecule has 5 nitrogen and oxygen atoms in total. The smallest absolute Gasteiger partial charge is 0.357 e. The molecule has 0 aliphatic heterocycles. The number of esters is 1. The molecule has 0 fully saturated rings. The van der Waals surface area contributed by atoms with Crippen LogP contribution in [0.3, 0.4) is 0 Å². The van der Waals surface area contributed by atoms with Gasteiger partial charge in [-0.05, 0) is 6.92 Å². The van der Waals surface area contributed by atoms with Gasteiger partial charge in [0.15, 0.2) is 11.4 Å². The second-order valence-corrected chi connectivity index (χ2v) is 2.96. The van der Waals surface area contributed by atoms with Crippen molar-refractivity contribution in [2.75, 3.05) is 7.11 Å². The zero-order valence-electron chi connectivity index (χ0n) is 8.70. The minimum absolute atomic E-state index is 0.178. The van der Waals surface area contributed by atoms with Crippen molar-refractivity contribution in [3.8, 4) is 6.07 Å². The van der Waals surface area contributed by atoms with Gasteiger partial charge in [-0.15, -0.1) is 0 Å². The molecule has 0 atom stereocenters. The Labute approximate surface area is 90.3 Å². The van der Waals surface area contributed by atoms with E-state index in [-0.39, 0.29) is 17.2 Å². The molecule has 16 heavy (non-hydrogen) atoms. The molecule has 1 rings (SSSR count). The summed E-state index contributed by atoms with van der Waals surface area (Å²) in [5.74, 6) is -0.671. The normalized spacial score (nSPS) is 10.2. The summed E-state index contributed by atoms with van der Waals surface area (Å²) in [6.45, 7) is 0.751.